The normalized spacial score (nSPS) is 24.5. The van der Waals surface area contributed by atoms with Crippen molar-refractivity contribution < 1.29 is 8.42 Å². The van der Waals surface area contributed by atoms with E-state index in [1.54, 1.807) is 22.5 Å². The summed E-state index contributed by atoms with van der Waals surface area (Å²) < 4.78 is 35.4. The molecule has 1 fully saturated rings. The number of sulfonamides is 1. The van der Waals surface area contributed by atoms with E-state index < -0.39 is 10.0 Å². The largest absolute Gasteiger partial charge is 0.330 e. The van der Waals surface area contributed by atoms with Gasteiger partial charge in [-0.15, -0.1) is 0 Å². The molecule has 0 bridgehead atoms. The summed E-state index contributed by atoms with van der Waals surface area (Å²) in [6.45, 7) is 2.92. The van der Waals surface area contributed by atoms with Crippen LogP contribution in [-0.4, -0.2) is 40.6 Å². The average molecular weight is 312 g/mol. The smallest absolute Gasteiger partial charge is 0.245 e. The van der Waals surface area contributed by atoms with Crippen molar-refractivity contribution in [3.8, 4) is 0 Å². The van der Waals surface area contributed by atoms with Gasteiger partial charge in [0.05, 0.1) is 11.7 Å². The molecule has 2 heterocycles. The molecule has 0 spiro atoms. The monoisotopic (exact) mass is 312 g/mol. The topological polar surface area (TPSA) is 89.2 Å². The Labute approximate surface area is 122 Å². The second kappa shape index (κ2) is 5.03. The lowest BCUT2D eigenvalue weighted by Crippen LogP contribution is -2.34. The van der Waals surface area contributed by atoms with Gasteiger partial charge in [-0.1, -0.05) is 6.07 Å². The molecule has 20 heavy (non-hydrogen) atoms. The Bertz CT molecular complexity index is 728. The van der Waals surface area contributed by atoms with E-state index in [4.69, 9.17) is 5.73 Å². The van der Waals surface area contributed by atoms with Gasteiger partial charge in [-0.25, -0.2) is 8.42 Å². The number of aromatic nitrogens is 2. The van der Waals surface area contributed by atoms with Crippen molar-refractivity contribution in [2.24, 2.45) is 11.7 Å². The molecule has 1 aromatic carbocycles. The minimum atomic E-state index is -3.55. The molecule has 1 aliphatic rings. The molecule has 3 rings (SSSR count). The number of fused-ring (bicyclic) bond motifs is 1. The fourth-order valence-corrected chi connectivity index (χ4v) is 5.20. The van der Waals surface area contributed by atoms with Crippen LogP contribution in [0.2, 0.25) is 0 Å². The second-order valence-electron chi connectivity index (χ2n) is 5.15. The molecule has 2 aromatic rings. The minimum absolute atomic E-state index is 0.0320. The van der Waals surface area contributed by atoms with Crippen molar-refractivity contribution in [3.05, 3.63) is 18.2 Å². The number of benzene rings is 1. The van der Waals surface area contributed by atoms with Crippen molar-refractivity contribution in [2.45, 2.75) is 24.3 Å². The van der Waals surface area contributed by atoms with E-state index in [2.05, 4.69) is 8.75 Å². The molecule has 0 amide bonds. The van der Waals surface area contributed by atoms with Crippen LogP contribution >= 0.6 is 11.7 Å². The summed E-state index contributed by atoms with van der Waals surface area (Å²) in [4.78, 5) is 0.244. The van der Waals surface area contributed by atoms with Crippen molar-refractivity contribution >= 4 is 32.8 Å². The fourth-order valence-electron chi connectivity index (χ4n) is 2.73. The van der Waals surface area contributed by atoms with Gasteiger partial charge < -0.3 is 5.73 Å². The van der Waals surface area contributed by atoms with Crippen molar-refractivity contribution in [1.29, 1.82) is 0 Å². The summed E-state index contributed by atoms with van der Waals surface area (Å²) in [7, 11) is -3.55. The van der Waals surface area contributed by atoms with Gasteiger partial charge in [-0.3, -0.25) is 0 Å². The lowest BCUT2D eigenvalue weighted by atomic mass is 10.1. The number of hydrogen-bond acceptors (Lipinski definition) is 6. The third-order valence-corrected chi connectivity index (χ3v) is 6.33. The van der Waals surface area contributed by atoms with Crippen LogP contribution in [0.25, 0.3) is 11.0 Å². The maximum absolute atomic E-state index is 12.8. The Balaban J connectivity index is 2.06. The molecule has 0 saturated carbocycles. The molecule has 2 N–H and O–H groups in total. The van der Waals surface area contributed by atoms with Gasteiger partial charge in [0.2, 0.25) is 10.0 Å². The molecule has 0 aliphatic carbocycles. The zero-order valence-electron chi connectivity index (χ0n) is 11.1. The van der Waals surface area contributed by atoms with Crippen LogP contribution in [0.5, 0.6) is 0 Å². The maximum atomic E-state index is 12.8. The molecule has 6 nitrogen and oxygen atoms in total. The van der Waals surface area contributed by atoms with Crippen LogP contribution in [0.3, 0.4) is 0 Å². The molecular formula is C12H16N4O2S2. The first-order valence-corrected chi connectivity index (χ1v) is 8.64. The molecule has 1 aliphatic heterocycles. The first-order chi connectivity index (χ1) is 9.54. The lowest BCUT2D eigenvalue weighted by Gasteiger charge is -2.21. The van der Waals surface area contributed by atoms with Crippen LogP contribution in [-0.2, 0) is 10.0 Å². The summed E-state index contributed by atoms with van der Waals surface area (Å²) >= 11 is 1.03. The van der Waals surface area contributed by atoms with E-state index in [1.807, 2.05) is 6.92 Å². The molecule has 2 unspecified atom stereocenters. The maximum Gasteiger partial charge on any atom is 0.245 e. The fraction of sp³-hybridized carbons (Fsp3) is 0.500. The van der Waals surface area contributed by atoms with E-state index in [9.17, 15) is 8.42 Å². The van der Waals surface area contributed by atoms with Crippen molar-refractivity contribution in [2.75, 3.05) is 13.1 Å². The van der Waals surface area contributed by atoms with E-state index in [1.165, 1.54) is 0 Å². The summed E-state index contributed by atoms with van der Waals surface area (Å²) in [6, 6.07) is 5.04. The van der Waals surface area contributed by atoms with Gasteiger partial charge in [-0.05, 0) is 37.9 Å². The summed E-state index contributed by atoms with van der Waals surface area (Å²) in [5.41, 5.74) is 6.75. The zero-order valence-corrected chi connectivity index (χ0v) is 12.7. The standard InChI is InChI=1S/C12H16N4O2S2/c1-8-5-9(6-13)7-16(8)20(17,18)11-4-2-3-10-12(11)15-19-14-10/h2-4,8-9H,5-7,13H2,1H3. The van der Waals surface area contributed by atoms with Crippen molar-refractivity contribution in [1.82, 2.24) is 13.1 Å². The molecule has 8 heteroatoms. The first kappa shape index (κ1) is 13.9. The number of hydrogen-bond donors (Lipinski definition) is 1. The van der Waals surface area contributed by atoms with Crippen molar-refractivity contribution in [3.63, 3.8) is 0 Å². The van der Waals surface area contributed by atoms with Crippen LogP contribution in [0.4, 0.5) is 0 Å². The summed E-state index contributed by atoms with van der Waals surface area (Å²) in [5, 5.41) is 0. The van der Waals surface area contributed by atoms with Crippen LogP contribution in [0.15, 0.2) is 23.1 Å². The molecule has 2 atom stereocenters. The molecule has 108 valence electrons. The summed E-state index contributed by atoms with van der Waals surface area (Å²) in [5.74, 6) is 0.229. The Morgan fingerprint density at radius 3 is 2.95 bits per heavy atom. The highest BCUT2D eigenvalue weighted by atomic mass is 32.2. The third-order valence-electron chi connectivity index (χ3n) is 3.77. The highest BCUT2D eigenvalue weighted by molar-refractivity contribution is 7.89. The highest BCUT2D eigenvalue weighted by Crippen LogP contribution is 2.31. The van der Waals surface area contributed by atoms with Gasteiger partial charge in [0, 0.05) is 12.6 Å². The van der Waals surface area contributed by atoms with Gasteiger partial charge >= 0.3 is 0 Å². The predicted molar refractivity (Wildman–Crippen MR) is 77.9 cm³/mol. The third kappa shape index (κ3) is 2.12. The molecule has 1 aromatic heterocycles. The first-order valence-electron chi connectivity index (χ1n) is 6.47. The Morgan fingerprint density at radius 2 is 2.25 bits per heavy atom. The van der Waals surface area contributed by atoms with Gasteiger partial charge in [-0.2, -0.15) is 13.1 Å². The molecule has 1 saturated heterocycles. The summed E-state index contributed by atoms with van der Waals surface area (Å²) in [6.07, 6.45) is 0.807. The Morgan fingerprint density at radius 1 is 1.45 bits per heavy atom. The lowest BCUT2D eigenvalue weighted by molar-refractivity contribution is 0.405. The van der Waals surface area contributed by atoms with Crippen LogP contribution < -0.4 is 5.73 Å². The van der Waals surface area contributed by atoms with Gasteiger partial charge in [0.1, 0.15) is 15.9 Å². The molecular weight excluding hydrogens is 296 g/mol. The zero-order chi connectivity index (χ0) is 14.3. The van der Waals surface area contributed by atoms with Crippen LogP contribution in [0, 0.1) is 5.92 Å². The quantitative estimate of drug-likeness (QED) is 0.915. The SMILES string of the molecule is CC1CC(CN)CN1S(=O)(=O)c1cccc2nsnc12. The Hall–Kier alpha value is -1.09. The Kier molecular flexibility index (Phi) is 3.49. The second-order valence-corrected chi connectivity index (χ2v) is 7.54. The van der Waals surface area contributed by atoms with E-state index >= 15 is 0 Å². The van der Waals surface area contributed by atoms with E-state index in [0.717, 1.165) is 18.1 Å². The minimum Gasteiger partial charge on any atom is -0.330 e. The molecule has 0 radical (unpaired) electrons. The highest BCUT2D eigenvalue weighted by Gasteiger charge is 2.38. The number of rotatable bonds is 3. The van der Waals surface area contributed by atoms with Crippen LogP contribution in [0.1, 0.15) is 13.3 Å². The number of nitrogens with zero attached hydrogens (tertiary/aromatic N) is 3. The van der Waals surface area contributed by atoms with E-state index in [-0.39, 0.29) is 16.9 Å². The number of nitrogens with two attached hydrogens (primary N) is 1. The van der Waals surface area contributed by atoms with E-state index in [0.29, 0.717) is 24.1 Å². The predicted octanol–water partition coefficient (Wildman–Crippen LogP) is 1.05. The van der Waals surface area contributed by atoms with Gasteiger partial charge in [0.25, 0.3) is 0 Å². The van der Waals surface area contributed by atoms with Gasteiger partial charge in [0.15, 0.2) is 0 Å². The average Bonchev–Trinajstić information content (AvgIpc) is 3.03.